The van der Waals surface area contributed by atoms with Crippen LogP contribution in [-0.4, -0.2) is 55.1 Å². The van der Waals surface area contributed by atoms with E-state index in [-0.39, 0.29) is 5.69 Å². The lowest BCUT2D eigenvalue weighted by molar-refractivity contribution is -0.385. The standard InChI is InChI=1S/C13H16F2N4O2/c14-11-5-9(19(20)21)6-12(15)13(11)18-3-1-17(2-4-18)10-7-16-8-10/h5-6,10,16H,1-4,7-8H2. The summed E-state index contributed by atoms with van der Waals surface area (Å²) in [5.41, 5.74) is -0.722. The van der Waals surface area contributed by atoms with Crippen molar-refractivity contribution in [2.45, 2.75) is 6.04 Å². The van der Waals surface area contributed by atoms with Crippen molar-refractivity contribution in [2.75, 3.05) is 44.2 Å². The van der Waals surface area contributed by atoms with Gasteiger partial charge in [-0.1, -0.05) is 0 Å². The largest absolute Gasteiger partial charge is 0.364 e. The van der Waals surface area contributed by atoms with Gasteiger partial charge in [-0.15, -0.1) is 0 Å². The molecule has 21 heavy (non-hydrogen) atoms. The number of hydrogen-bond acceptors (Lipinski definition) is 5. The number of benzene rings is 1. The number of hydrogen-bond donors (Lipinski definition) is 1. The van der Waals surface area contributed by atoms with Crippen LogP contribution in [0.4, 0.5) is 20.2 Å². The van der Waals surface area contributed by atoms with Crippen molar-refractivity contribution in [1.29, 1.82) is 0 Å². The van der Waals surface area contributed by atoms with Crippen LogP contribution in [0.1, 0.15) is 0 Å². The van der Waals surface area contributed by atoms with Crippen molar-refractivity contribution in [3.05, 3.63) is 33.9 Å². The zero-order valence-electron chi connectivity index (χ0n) is 11.4. The van der Waals surface area contributed by atoms with Gasteiger partial charge in [0, 0.05) is 45.3 Å². The SMILES string of the molecule is O=[N+]([O-])c1cc(F)c(N2CCN(C3CNC3)CC2)c(F)c1. The van der Waals surface area contributed by atoms with Crippen LogP contribution in [0.25, 0.3) is 0 Å². The number of nitro groups is 1. The summed E-state index contributed by atoms with van der Waals surface area (Å²) in [5.74, 6) is -1.75. The van der Waals surface area contributed by atoms with Crippen LogP contribution in [0.15, 0.2) is 12.1 Å². The van der Waals surface area contributed by atoms with E-state index >= 15 is 0 Å². The molecule has 2 aliphatic heterocycles. The molecule has 6 nitrogen and oxygen atoms in total. The van der Waals surface area contributed by atoms with Gasteiger partial charge in [-0.2, -0.15) is 0 Å². The van der Waals surface area contributed by atoms with Crippen LogP contribution in [0.5, 0.6) is 0 Å². The summed E-state index contributed by atoms with van der Waals surface area (Å²) in [5, 5.41) is 13.8. The molecule has 1 aromatic rings. The summed E-state index contributed by atoms with van der Waals surface area (Å²) in [6.45, 7) is 4.43. The first kappa shape index (κ1) is 14.2. The van der Waals surface area contributed by atoms with Crippen molar-refractivity contribution >= 4 is 11.4 Å². The van der Waals surface area contributed by atoms with E-state index in [0.717, 1.165) is 38.3 Å². The summed E-state index contributed by atoms with van der Waals surface area (Å²) in [6.07, 6.45) is 0. The van der Waals surface area contributed by atoms with Crippen LogP contribution in [0.2, 0.25) is 0 Å². The third kappa shape index (κ3) is 2.68. The number of halogens is 2. The zero-order valence-corrected chi connectivity index (χ0v) is 11.4. The summed E-state index contributed by atoms with van der Waals surface area (Å²) in [7, 11) is 0. The average molecular weight is 298 g/mol. The topological polar surface area (TPSA) is 61.7 Å². The minimum absolute atomic E-state index is 0.160. The smallest absolute Gasteiger partial charge is 0.275 e. The number of nitrogens with zero attached hydrogens (tertiary/aromatic N) is 3. The first-order chi connectivity index (χ1) is 10.1. The summed E-state index contributed by atoms with van der Waals surface area (Å²) < 4.78 is 28.0. The van der Waals surface area contributed by atoms with Crippen LogP contribution in [0, 0.1) is 21.7 Å². The van der Waals surface area contributed by atoms with Crippen molar-refractivity contribution < 1.29 is 13.7 Å². The molecule has 0 atom stereocenters. The molecule has 0 saturated carbocycles. The third-order valence-electron chi connectivity index (χ3n) is 4.12. The minimum atomic E-state index is -0.875. The minimum Gasteiger partial charge on any atom is -0.364 e. The molecule has 1 N–H and O–H groups in total. The van der Waals surface area contributed by atoms with Crippen molar-refractivity contribution in [1.82, 2.24) is 10.2 Å². The highest BCUT2D eigenvalue weighted by Gasteiger charge is 2.30. The van der Waals surface area contributed by atoms with E-state index in [2.05, 4.69) is 10.2 Å². The number of anilines is 1. The van der Waals surface area contributed by atoms with Crippen LogP contribution < -0.4 is 10.2 Å². The van der Waals surface area contributed by atoms with E-state index in [1.54, 1.807) is 4.90 Å². The van der Waals surface area contributed by atoms with E-state index in [0.29, 0.717) is 19.1 Å². The quantitative estimate of drug-likeness (QED) is 0.665. The van der Waals surface area contributed by atoms with Gasteiger partial charge in [0.05, 0.1) is 17.1 Å². The highest BCUT2D eigenvalue weighted by molar-refractivity contribution is 5.54. The second-order valence-electron chi connectivity index (χ2n) is 5.35. The summed E-state index contributed by atoms with van der Waals surface area (Å²) in [4.78, 5) is 13.7. The van der Waals surface area contributed by atoms with E-state index in [1.165, 1.54) is 0 Å². The van der Waals surface area contributed by atoms with Gasteiger partial charge in [0.15, 0.2) is 11.6 Å². The Kier molecular flexibility index (Phi) is 3.73. The van der Waals surface area contributed by atoms with E-state index in [1.807, 2.05) is 0 Å². The maximum atomic E-state index is 14.0. The molecule has 8 heteroatoms. The predicted octanol–water partition coefficient (Wildman–Crippen LogP) is 0.967. The summed E-state index contributed by atoms with van der Waals surface area (Å²) >= 11 is 0. The zero-order chi connectivity index (χ0) is 15.0. The molecule has 2 saturated heterocycles. The van der Waals surface area contributed by atoms with Gasteiger partial charge < -0.3 is 10.2 Å². The lowest BCUT2D eigenvalue weighted by Crippen LogP contribution is -2.61. The number of rotatable bonds is 3. The van der Waals surface area contributed by atoms with Gasteiger partial charge in [-0.05, 0) is 0 Å². The number of nitrogens with one attached hydrogen (secondary N) is 1. The Bertz CT molecular complexity index is 534. The second kappa shape index (κ2) is 5.53. The van der Waals surface area contributed by atoms with Crippen LogP contribution in [0.3, 0.4) is 0 Å². The Hall–Kier alpha value is -1.80. The molecule has 2 fully saturated rings. The molecule has 0 bridgehead atoms. The normalized spacial score (nSPS) is 20.4. The number of non-ortho nitro benzene ring substituents is 1. The monoisotopic (exact) mass is 298 g/mol. The highest BCUT2D eigenvalue weighted by atomic mass is 19.1. The van der Waals surface area contributed by atoms with E-state index < -0.39 is 22.2 Å². The maximum absolute atomic E-state index is 14.0. The molecule has 0 amide bonds. The van der Waals surface area contributed by atoms with Crippen LogP contribution in [-0.2, 0) is 0 Å². The summed E-state index contributed by atoms with van der Waals surface area (Å²) in [6, 6.07) is 2.07. The van der Waals surface area contributed by atoms with Gasteiger partial charge in [-0.25, -0.2) is 8.78 Å². The molecule has 0 unspecified atom stereocenters. The molecule has 0 spiro atoms. The van der Waals surface area contributed by atoms with Crippen molar-refractivity contribution in [3.8, 4) is 0 Å². The van der Waals surface area contributed by atoms with Crippen molar-refractivity contribution in [2.24, 2.45) is 0 Å². The molecule has 0 aliphatic carbocycles. The fourth-order valence-electron chi connectivity index (χ4n) is 2.80. The Morgan fingerprint density at radius 2 is 1.71 bits per heavy atom. The fraction of sp³-hybridized carbons (Fsp3) is 0.538. The van der Waals surface area contributed by atoms with Gasteiger partial charge in [0.2, 0.25) is 0 Å². The molecule has 0 radical (unpaired) electrons. The lowest BCUT2D eigenvalue weighted by atomic mass is 10.1. The maximum Gasteiger partial charge on any atom is 0.275 e. The molecule has 1 aromatic carbocycles. The molecule has 2 heterocycles. The molecule has 2 aliphatic rings. The van der Waals surface area contributed by atoms with Crippen LogP contribution >= 0.6 is 0 Å². The first-order valence-electron chi connectivity index (χ1n) is 6.89. The van der Waals surface area contributed by atoms with Crippen molar-refractivity contribution in [3.63, 3.8) is 0 Å². The van der Waals surface area contributed by atoms with Gasteiger partial charge in [-0.3, -0.25) is 15.0 Å². The fourth-order valence-corrected chi connectivity index (χ4v) is 2.80. The Morgan fingerprint density at radius 3 is 2.14 bits per heavy atom. The first-order valence-corrected chi connectivity index (χ1v) is 6.89. The molecule has 114 valence electrons. The highest BCUT2D eigenvalue weighted by Crippen LogP contribution is 2.29. The average Bonchev–Trinajstić information content (AvgIpc) is 2.37. The molecular formula is C13H16F2N4O2. The molecular weight excluding hydrogens is 282 g/mol. The molecule has 0 aromatic heterocycles. The number of nitro benzene ring substituents is 1. The van der Waals surface area contributed by atoms with E-state index in [4.69, 9.17) is 0 Å². The predicted molar refractivity (Wildman–Crippen MR) is 73.5 cm³/mol. The Labute approximate surface area is 120 Å². The second-order valence-corrected chi connectivity index (χ2v) is 5.35. The Balaban J connectivity index is 1.74. The van der Waals surface area contributed by atoms with Gasteiger partial charge in [0.1, 0.15) is 5.69 Å². The van der Waals surface area contributed by atoms with Gasteiger partial charge in [0.25, 0.3) is 5.69 Å². The number of piperazine rings is 1. The lowest BCUT2D eigenvalue weighted by Gasteiger charge is -2.43. The third-order valence-corrected chi connectivity index (χ3v) is 4.12. The van der Waals surface area contributed by atoms with Gasteiger partial charge >= 0.3 is 0 Å². The Morgan fingerprint density at radius 1 is 1.14 bits per heavy atom. The molecule has 3 rings (SSSR count). The van der Waals surface area contributed by atoms with E-state index in [9.17, 15) is 18.9 Å².